The van der Waals surface area contributed by atoms with Crippen LogP contribution in [0.3, 0.4) is 0 Å². The summed E-state index contributed by atoms with van der Waals surface area (Å²) in [7, 11) is 0. The minimum absolute atomic E-state index is 0.179. The first kappa shape index (κ1) is 18.4. The highest BCUT2D eigenvalue weighted by Crippen LogP contribution is 2.44. The van der Waals surface area contributed by atoms with E-state index in [1.54, 1.807) is 54.6 Å². The van der Waals surface area contributed by atoms with Crippen molar-refractivity contribution >= 4 is 11.8 Å². The van der Waals surface area contributed by atoms with Crippen LogP contribution in [0.4, 0.5) is 8.78 Å². The summed E-state index contributed by atoms with van der Waals surface area (Å²) in [6.07, 6.45) is 0. The monoisotopic (exact) mass is 378 g/mol. The van der Waals surface area contributed by atoms with E-state index in [9.17, 15) is 14.9 Å². The first-order valence-electron chi connectivity index (χ1n) is 7.88. The van der Waals surface area contributed by atoms with E-state index in [0.29, 0.717) is 4.90 Å². The van der Waals surface area contributed by atoms with E-state index in [4.69, 9.17) is 4.74 Å². The summed E-state index contributed by atoms with van der Waals surface area (Å²) >= 11 is 0.949. The summed E-state index contributed by atoms with van der Waals surface area (Å²) in [6.45, 7) is 1.84. The number of para-hydroxylation sites is 1. The lowest BCUT2D eigenvalue weighted by Crippen LogP contribution is -2.02. The maximum Gasteiger partial charge on any atom is 0.186 e. The molecule has 6 heteroatoms. The molecule has 0 heterocycles. The summed E-state index contributed by atoms with van der Waals surface area (Å²) in [4.78, 5) is 0.503. The van der Waals surface area contributed by atoms with Crippen LogP contribution in [0.15, 0.2) is 64.4 Å². The van der Waals surface area contributed by atoms with Crippen LogP contribution in [0.5, 0.6) is 11.5 Å². The van der Waals surface area contributed by atoms with Gasteiger partial charge < -0.3 is 4.74 Å². The van der Waals surface area contributed by atoms with E-state index in [2.05, 4.69) is 0 Å². The third-order valence-corrected chi connectivity index (χ3v) is 5.03. The zero-order valence-corrected chi connectivity index (χ0v) is 15.0. The van der Waals surface area contributed by atoms with Crippen molar-refractivity contribution in [2.75, 3.05) is 0 Å². The Kier molecular flexibility index (Phi) is 5.40. The average molecular weight is 378 g/mol. The van der Waals surface area contributed by atoms with Gasteiger partial charge in [0.1, 0.15) is 29.0 Å². The Morgan fingerprint density at radius 2 is 1.44 bits per heavy atom. The number of halogens is 2. The van der Waals surface area contributed by atoms with Gasteiger partial charge in [0.25, 0.3) is 0 Å². The van der Waals surface area contributed by atoms with Gasteiger partial charge in [-0.1, -0.05) is 48.2 Å². The van der Waals surface area contributed by atoms with Gasteiger partial charge in [0.15, 0.2) is 17.4 Å². The lowest BCUT2D eigenvalue weighted by molar-refractivity contribution is 0.418. The molecule has 0 amide bonds. The number of hydrogen-bond acceptors (Lipinski definition) is 4. The Balaban J connectivity index is 2.23. The third kappa shape index (κ3) is 3.62. The number of rotatable bonds is 4. The summed E-state index contributed by atoms with van der Waals surface area (Å²) in [6, 6.07) is 18.6. The summed E-state index contributed by atoms with van der Waals surface area (Å²) in [5.74, 6) is -2.16. The van der Waals surface area contributed by atoms with Crippen molar-refractivity contribution in [1.82, 2.24) is 0 Å². The van der Waals surface area contributed by atoms with Crippen LogP contribution in [0.2, 0.25) is 0 Å². The molecule has 0 atom stereocenters. The zero-order valence-electron chi connectivity index (χ0n) is 14.2. The fourth-order valence-electron chi connectivity index (χ4n) is 2.43. The standard InChI is InChI=1S/C21H12F2N2OS/c1-13-7-5-6-10-17(13)27-21-19(23)16(12-25)15(11-24)18(22)20(21)26-14-8-3-2-4-9-14/h2-10H,1H3. The largest absolute Gasteiger partial charge is 0.453 e. The second-order valence-corrected chi connectivity index (χ2v) is 6.59. The van der Waals surface area contributed by atoms with Crippen LogP contribution in [-0.2, 0) is 0 Å². The molecule has 0 aliphatic carbocycles. The molecule has 0 saturated heterocycles. The van der Waals surface area contributed by atoms with Crippen LogP contribution in [0.25, 0.3) is 0 Å². The van der Waals surface area contributed by atoms with Gasteiger partial charge in [-0.3, -0.25) is 0 Å². The average Bonchev–Trinajstić information content (AvgIpc) is 2.69. The summed E-state index contributed by atoms with van der Waals surface area (Å²) < 4.78 is 35.6. The number of aryl methyl sites for hydroxylation is 1. The molecule has 0 aromatic heterocycles. The number of ether oxygens (including phenoxy) is 1. The number of hydrogen-bond donors (Lipinski definition) is 0. The van der Waals surface area contributed by atoms with E-state index < -0.39 is 28.5 Å². The maximum atomic E-state index is 15.0. The fraction of sp³-hybridized carbons (Fsp3) is 0.0476. The van der Waals surface area contributed by atoms with Crippen molar-refractivity contribution in [2.45, 2.75) is 16.7 Å². The quantitative estimate of drug-likeness (QED) is 0.562. The maximum absolute atomic E-state index is 15.0. The minimum Gasteiger partial charge on any atom is -0.453 e. The smallest absolute Gasteiger partial charge is 0.186 e. The molecule has 132 valence electrons. The van der Waals surface area contributed by atoms with Crippen LogP contribution in [-0.4, -0.2) is 0 Å². The molecule has 0 aliphatic rings. The predicted octanol–water partition coefficient (Wildman–Crippen LogP) is 5.96. The Hall–Kier alpha value is -3.35. The Bertz CT molecular complexity index is 1090. The summed E-state index contributed by atoms with van der Waals surface area (Å²) in [5, 5.41) is 18.4. The molecule has 0 saturated carbocycles. The van der Waals surface area contributed by atoms with Crippen molar-refractivity contribution in [3.63, 3.8) is 0 Å². The number of benzene rings is 3. The van der Waals surface area contributed by atoms with Gasteiger partial charge in [0.05, 0.1) is 4.90 Å². The molecule has 3 rings (SSSR count). The van der Waals surface area contributed by atoms with Crippen molar-refractivity contribution in [3.8, 4) is 23.6 Å². The normalized spacial score (nSPS) is 10.1. The van der Waals surface area contributed by atoms with Crippen LogP contribution in [0, 0.1) is 41.2 Å². The minimum atomic E-state index is -1.06. The SMILES string of the molecule is Cc1ccccc1Sc1c(F)c(C#N)c(C#N)c(F)c1Oc1ccccc1. The van der Waals surface area contributed by atoms with Gasteiger partial charge in [-0.25, -0.2) is 8.78 Å². The van der Waals surface area contributed by atoms with Gasteiger partial charge >= 0.3 is 0 Å². The molecule has 3 aromatic carbocycles. The highest BCUT2D eigenvalue weighted by molar-refractivity contribution is 7.99. The highest BCUT2D eigenvalue weighted by atomic mass is 32.2. The Morgan fingerprint density at radius 3 is 2.07 bits per heavy atom. The molecule has 0 radical (unpaired) electrons. The van der Waals surface area contributed by atoms with E-state index >= 15 is 4.39 Å². The molecular formula is C21H12F2N2OS. The third-order valence-electron chi connectivity index (χ3n) is 3.79. The molecule has 0 fully saturated rings. The lowest BCUT2D eigenvalue weighted by Gasteiger charge is -2.15. The molecule has 0 aliphatic heterocycles. The molecule has 0 bridgehead atoms. The molecule has 3 nitrogen and oxygen atoms in total. The Labute approximate surface area is 159 Å². The predicted molar refractivity (Wildman–Crippen MR) is 97.6 cm³/mol. The molecule has 27 heavy (non-hydrogen) atoms. The molecule has 0 spiro atoms. The first-order chi connectivity index (χ1) is 13.1. The molecule has 0 N–H and O–H groups in total. The van der Waals surface area contributed by atoms with Crippen molar-refractivity contribution in [2.24, 2.45) is 0 Å². The highest BCUT2D eigenvalue weighted by Gasteiger charge is 2.27. The second kappa shape index (κ2) is 7.90. The van der Waals surface area contributed by atoms with Gasteiger partial charge in [0.2, 0.25) is 0 Å². The molecule has 3 aromatic rings. The van der Waals surface area contributed by atoms with Crippen LogP contribution < -0.4 is 4.74 Å². The van der Waals surface area contributed by atoms with Gasteiger partial charge in [-0.15, -0.1) is 0 Å². The van der Waals surface area contributed by atoms with Crippen molar-refractivity contribution in [3.05, 3.63) is 82.9 Å². The second-order valence-electron chi connectivity index (χ2n) is 5.54. The number of nitriles is 2. The van der Waals surface area contributed by atoms with Crippen LogP contribution >= 0.6 is 11.8 Å². The summed E-state index contributed by atoms with van der Waals surface area (Å²) in [5.41, 5.74) is -0.447. The van der Waals surface area contributed by atoms with Gasteiger partial charge in [-0.05, 0) is 30.7 Å². The van der Waals surface area contributed by atoms with E-state index in [1.807, 2.05) is 19.1 Å². The Morgan fingerprint density at radius 1 is 0.852 bits per heavy atom. The number of nitrogens with zero attached hydrogens (tertiary/aromatic N) is 2. The van der Waals surface area contributed by atoms with E-state index in [-0.39, 0.29) is 10.6 Å². The lowest BCUT2D eigenvalue weighted by atomic mass is 10.1. The van der Waals surface area contributed by atoms with Crippen molar-refractivity contribution in [1.29, 1.82) is 10.5 Å². The van der Waals surface area contributed by atoms with Gasteiger partial charge in [0, 0.05) is 4.90 Å². The molecular weight excluding hydrogens is 366 g/mol. The zero-order chi connectivity index (χ0) is 19.4. The van der Waals surface area contributed by atoms with Crippen LogP contribution in [0.1, 0.15) is 16.7 Å². The fourth-order valence-corrected chi connectivity index (χ4v) is 3.44. The molecule has 0 unspecified atom stereocenters. The first-order valence-corrected chi connectivity index (χ1v) is 8.70. The van der Waals surface area contributed by atoms with Crippen molar-refractivity contribution < 1.29 is 13.5 Å². The van der Waals surface area contributed by atoms with Gasteiger partial charge in [-0.2, -0.15) is 10.5 Å². The topological polar surface area (TPSA) is 56.8 Å². The van der Waals surface area contributed by atoms with E-state index in [1.165, 1.54) is 0 Å². The van der Waals surface area contributed by atoms with E-state index in [0.717, 1.165) is 17.3 Å².